The van der Waals surface area contributed by atoms with Crippen molar-refractivity contribution in [3.05, 3.63) is 35.4 Å². The lowest BCUT2D eigenvalue weighted by atomic mass is 9.87. The zero-order valence-electron chi connectivity index (χ0n) is 12.9. The van der Waals surface area contributed by atoms with Crippen molar-refractivity contribution < 1.29 is 9.53 Å². The van der Waals surface area contributed by atoms with Gasteiger partial charge in [0.2, 0.25) is 0 Å². The van der Waals surface area contributed by atoms with E-state index in [0.29, 0.717) is 0 Å². The number of hydrogen-bond acceptors (Lipinski definition) is 3. The number of benzene rings is 1. The van der Waals surface area contributed by atoms with E-state index in [1.54, 1.807) is 0 Å². The standard InChI is InChI=1S/C17H25NO2/c1-12(16(19)20-17(2,3)4)18-15-11-7-9-13-8-5-6-10-14(13)15/h5-6,8,10,12,15,18H,7,9,11H2,1-4H3. The van der Waals surface area contributed by atoms with Gasteiger partial charge in [-0.05, 0) is 58.1 Å². The smallest absolute Gasteiger partial charge is 0.323 e. The number of ether oxygens (including phenoxy) is 1. The van der Waals surface area contributed by atoms with Gasteiger partial charge in [-0.1, -0.05) is 24.3 Å². The molecular formula is C17H25NO2. The van der Waals surface area contributed by atoms with Crippen LogP contribution in [0.4, 0.5) is 0 Å². The first kappa shape index (κ1) is 15.0. The van der Waals surface area contributed by atoms with Gasteiger partial charge < -0.3 is 4.74 Å². The Balaban J connectivity index is 2.02. The van der Waals surface area contributed by atoms with Crippen LogP contribution in [-0.4, -0.2) is 17.6 Å². The summed E-state index contributed by atoms with van der Waals surface area (Å²) in [6.45, 7) is 7.57. The predicted octanol–water partition coefficient (Wildman–Crippen LogP) is 3.38. The first-order valence-electron chi connectivity index (χ1n) is 7.43. The quantitative estimate of drug-likeness (QED) is 0.859. The average Bonchev–Trinajstić information content (AvgIpc) is 2.37. The van der Waals surface area contributed by atoms with E-state index < -0.39 is 5.60 Å². The summed E-state index contributed by atoms with van der Waals surface area (Å²) in [6, 6.07) is 8.46. The summed E-state index contributed by atoms with van der Waals surface area (Å²) < 4.78 is 5.43. The Morgan fingerprint density at radius 2 is 2.05 bits per heavy atom. The van der Waals surface area contributed by atoms with Crippen LogP contribution in [-0.2, 0) is 16.0 Å². The van der Waals surface area contributed by atoms with Gasteiger partial charge >= 0.3 is 5.97 Å². The van der Waals surface area contributed by atoms with E-state index in [0.717, 1.165) is 19.3 Å². The molecule has 2 unspecified atom stereocenters. The van der Waals surface area contributed by atoms with Gasteiger partial charge in [-0.15, -0.1) is 0 Å². The largest absolute Gasteiger partial charge is 0.459 e. The fourth-order valence-electron chi connectivity index (χ4n) is 2.69. The molecule has 0 aromatic heterocycles. The SMILES string of the molecule is CC(NC1CCCc2ccccc21)C(=O)OC(C)(C)C. The van der Waals surface area contributed by atoms with Gasteiger partial charge in [-0.2, -0.15) is 0 Å². The number of hydrogen-bond donors (Lipinski definition) is 1. The number of nitrogens with one attached hydrogen (secondary N) is 1. The van der Waals surface area contributed by atoms with Crippen LogP contribution >= 0.6 is 0 Å². The maximum Gasteiger partial charge on any atom is 0.323 e. The minimum atomic E-state index is -0.433. The summed E-state index contributed by atoms with van der Waals surface area (Å²) in [5, 5.41) is 3.42. The van der Waals surface area contributed by atoms with Crippen LogP contribution in [0, 0.1) is 0 Å². The van der Waals surface area contributed by atoms with E-state index in [1.165, 1.54) is 11.1 Å². The van der Waals surface area contributed by atoms with Crippen LogP contribution in [0.25, 0.3) is 0 Å². The summed E-state index contributed by atoms with van der Waals surface area (Å²) in [5.41, 5.74) is 2.29. The summed E-state index contributed by atoms with van der Waals surface area (Å²) in [7, 11) is 0. The predicted molar refractivity (Wildman–Crippen MR) is 80.6 cm³/mol. The highest BCUT2D eigenvalue weighted by molar-refractivity contribution is 5.75. The van der Waals surface area contributed by atoms with E-state index in [2.05, 4.69) is 29.6 Å². The van der Waals surface area contributed by atoms with E-state index in [1.807, 2.05) is 27.7 Å². The highest BCUT2D eigenvalue weighted by atomic mass is 16.6. The molecule has 0 fully saturated rings. The average molecular weight is 275 g/mol. The Morgan fingerprint density at radius 1 is 1.35 bits per heavy atom. The van der Waals surface area contributed by atoms with Crippen molar-refractivity contribution in [2.45, 2.75) is 64.6 Å². The molecule has 1 aliphatic rings. The second-order valence-corrected chi connectivity index (χ2v) is 6.57. The van der Waals surface area contributed by atoms with E-state index in [9.17, 15) is 4.79 Å². The topological polar surface area (TPSA) is 38.3 Å². The Hall–Kier alpha value is -1.35. The number of carbonyl (C=O) groups is 1. The Bertz CT molecular complexity index is 476. The van der Waals surface area contributed by atoms with Gasteiger partial charge in [0, 0.05) is 6.04 Å². The molecule has 110 valence electrons. The number of esters is 1. The first-order valence-corrected chi connectivity index (χ1v) is 7.43. The molecule has 0 radical (unpaired) electrons. The Labute approximate surface area is 121 Å². The zero-order valence-corrected chi connectivity index (χ0v) is 12.9. The normalized spacial score (nSPS) is 20.1. The summed E-state index contributed by atoms with van der Waals surface area (Å²) in [6.07, 6.45) is 3.37. The molecule has 0 saturated carbocycles. The molecule has 2 rings (SSSR count). The van der Waals surface area contributed by atoms with Crippen molar-refractivity contribution in [3.8, 4) is 0 Å². The molecule has 1 N–H and O–H groups in total. The number of aryl methyl sites for hydroxylation is 1. The third-order valence-corrected chi connectivity index (χ3v) is 3.58. The van der Waals surface area contributed by atoms with Crippen LogP contribution in [0.2, 0.25) is 0 Å². The maximum absolute atomic E-state index is 12.1. The van der Waals surface area contributed by atoms with Crippen molar-refractivity contribution >= 4 is 5.97 Å². The van der Waals surface area contributed by atoms with Crippen LogP contribution in [0.3, 0.4) is 0 Å². The molecule has 20 heavy (non-hydrogen) atoms. The minimum absolute atomic E-state index is 0.180. The summed E-state index contributed by atoms with van der Waals surface area (Å²) >= 11 is 0. The van der Waals surface area contributed by atoms with Crippen molar-refractivity contribution in [2.24, 2.45) is 0 Å². The second-order valence-electron chi connectivity index (χ2n) is 6.57. The lowest BCUT2D eigenvalue weighted by molar-refractivity contribution is -0.157. The summed E-state index contributed by atoms with van der Waals surface area (Å²) in [5.74, 6) is -0.180. The third kappa shape index (κ3) is 3.83. The van der Waals surface area contributed by atoms with E-state index in [-0.39, 0.29) is 18.1 Å². The Kier molecular flexibility index (Phi) is 4.48. The lowest BCUT2D eigenvalue weighted by Gasteiger charge is -2.30. The lowest BCUT2D eigenvalue weighted by Crippen LogP contribution is -2.41. The monoisotopic (exact) mass is 275 g/mol. The molecule has 0 amide bonds. The fourth-order valence-corrected chi connectivity index (χ4v) is 2.69. The van der Waals surface area contributed by atoms with Gasteiger partial charge in [0.05, 0.1) is 0 Å². The fraction of sp³-hybridized carbons (Fsp3) is 0.588. The van der Waals surface area contributed by atoms with Crippen molar-refractivity contribution in [2.75, 3.05) is 0 Å². The molecule has 0 spiro atoms. The van der Waals surface area contributed by atoms with Gasteiger partial charge in [-0.3, -0.25) is 10.1 Å². The van der Waals surface area contributed by atoms with Crippen molar-refractivity contribution in [1.82, 2.24) is 5.32 Å². The maximum atomic E-state index is 12.1. The molecule has 2 atom stereocenters. The number of carbonyl (C=O) groups excluding carboxylic acids is 1. The second kappa shape index (κ2) is 5.96. The molecule has 0 bridgehead atoms. The number of rotatable bonds is 3. The zero-order chi connectivity index (χ0) is 14.8. The summed E-state index contributed by atoms with van der Waals surface area (Å²) in [4.78, 5) is 12.1. The Morgan fingerprint density at radius 3 is 2.75 bits per heavy atom. The molecule has 0 saturated heterocycles. The van der Waals surface area contributed by atoms with Gasteiger partial charge in [-0.25, -0.2) is 0 Å². The first-order chi connectivity index (χ1) is 9.37. The highest BCUT2D eigenvalue weighted by Gasteiger charge is 2.26. The van der Waals surface area contributed by atoms with Crippen molar-refractivity contribution in [3.63, 3.8) is 0 Å². The molecular weight excluding hydrogens is 250 g/mol. The van der Waals surface area contributed by atoms with Crippen LogP contribution in [0.1, 0.15) is 57.7 Å². The highest BCUT2D eigenvalue weighted by Crippen LogP contribution is 2.29. The molecule has 0 aliphatic heterocycles. The molecule has 1 aromatic rings. The molecule has 1 aromatic carbocycles. The van der Waals surface area contributed by atoms with Gasteiger partial charge in [0.25, 0.3) is 0 Å². The number of fused-ring (bicyclic) bond motifs is 1. The molecule has 1 aliphatic carbocycles. The van der Waals surface area contributed by atoms with E-state index >= 15 is 0 Å². The molecule has 3 nitrogen and oxygen atoms in total. The van der Waals surface area contributed by atoms with Crippen LogP contribution in [0.5, 0.6) is 0 Å². The molecule has 3 heteroatoms. The van der Waals surface area contributed by atoms with Gasteiger partial charge in [0.1, 0.15) is 11.6 Å². The van der Waals surface area contributed by atoms with Crippen LogP contribution < -0.4 is 5.32 Å². The van der Waals surface area contributed by atoms with Crippen LogP contribution in [0.15, 0.2) is 24.3 Å². The third-order valence-electron chi connectivity index (χ3n) is 3.58. The van der Waals surface area contributed by atoms with Crippen molar-refractivity contribution in [1.29, 1.82) is 0 Å². The minimum Gasteiger partial charge on any atom is -0.459 e. The molecule has 0 heterocycles. The van der Waals surface area contributed by atoms with Gasteiger partial charge in [0.15, 0.2) is 0 Å². The van der Waals surface area contributed by atoms with E-state index in [4.69, 9.17) is 4.74 Å².